The number of nitrogens with two attached hydrogens (primary N) is 1. The molecule has 0 radical (unpaired) electrons. The minimum atomic E-state index is -0.221. The van der Waals surface area contributed by atoms with Gasteiger partial charge in [-0.15, -0.1) is 0 Å². The summed E-state index contributed by atoms with van der Waals surface area (Å²) in [6.45, 7) is 0.423. The second kappa shape index (κ2) is 4.80. The molecule has 0 spiro atoms. The van der Waals surface area contributed by atoms with Crippen LogP contribution in [0.3, 0.4) is 0 Å². The van der Waals surface area contributed by atoms with E-state index in [0.29, 0.717) is 30.0 Å². The molecule has 0 saturated carbocycles. The van der Waals surface area contributed by atoms with Crippen LogP contribution in [0.15, 0.2) is 35.1 Å². The van der Waals surface area contributed by atoms with E-state index in [9.17, 15) is 9.90 Å². The lowest BCUT2D eigenvalue weighted by Crippen LogP contribution is -2.14. The van der Waals surface area contributed by atoms with Crippen LogP contribution in [0, 0.1) is 0 Å². The van der Waals surface area contributed by atoms with Gasteiger partial charge in [0.15, 0.2) is 0 Å². The van der Waals surface area contributed by atoms with Gasteiger partial charge in [0.05, 0.1) is 5.69 Å². The first-order valence-electron chi connectivity index (χ1n) is 5.29. The second-order valence-electron chi connectivity index (χ2n) is 3.67. The third kappa shape index (κ3) is 2.70. The predicted molar refractivity (Wildman–Crippen MR) is 64.7 cm³/mol. The standard InChI is InChI=1S/C12H13N3O2/c13-5-4-11-14-10(7-12(17)15-11)8-2-1-3-9(16)6-8/h1-3,6-7,16H,4-5,13H2,(H,14,15,17). The Morgan fingerprint density at radius 2 is 2.18 bits per heavy atom. The third-order valence-electron chi connectivity index (χ3n) is 2.31. The molecule has 5 nitrogen and oxygen atoms in total. The first-order valence-corrected chi connectivity index (χ1v) is 5.29. The molecule has 0 atom stereocenters. The number of phenols is 1. The normalized spacial score (nSPS) is 10.4. The molecular formula is C12H13N3O2. The molecule has 0 amide bonds. The lowest BCUT2D eigenvalue weighted by atomic mass is 10.1. The number of hydrogen-bond acceptors (Lipinski definition) is 4. The van der Waals surface area contributed by atoms with Gasteiger partial charge in [-0.3, -0.25) is 4.79 Å². The zero-order valence-corrected chi connectivity index (χ0v) is 9.18. The summed E-state index contributed by atoms with van der Waals surface area (Å²) in [6, 6.07) is 8.02. The van der Waals surface area contributed by atoms with Crippen molar-refractivity contribution in [2.45, 2.75) is 6.42 Å². The van der Waals surface area contributed by atoms with Gasteiger partial charge < -0.3 is 15.8 Å². The fourth-order valence-electron chi connectivity index (χ4n) is 1.58. The van der Waals surface area contributed by atoms with Gasteiger partial charge in [-0.25, -0.2) is 4.98 Å². The molecule has 2 rings (SSSR count). The minimum Gasteiger partial charge on any atom is -0.508 e. The van der Waals surface area contributed by atoms with Crippen LogP contribution in [-0.2, 0) is 6.42 Å². The van der Waals surface area contributed by atoms with Gasteiger partial charge in [-0.1, -0.05) is 12.1 Å². The number of aromatic nitrogens is 2. The van der Waals surface area contributed by atoms with Crippen molar-refractivity contribution in [1.29, 1.82) is 0 Å². The predicted octanol–water partition coefficient (Wildman–Crippen LogP) is 0.644. The van der Waals surface area contributed by atoms with E-state index in [1.165, 1.54) is 6.07 Å². The van der Waals surface area contributed by atoms with Crippen LogP contribution in [0.5, 0.6) is 5.75 Å². The highest BCUT2D eigenvalue weighted by Crippen LogP contribution is 2.20. The van der Waals surface area contributed by atoms with Gasteiger partial charge in [0.2, 0.25) is 0 Å². The molecule has 0 unspecified atom stereocenters. The van der Waals surface area contributed by atoms with Crippen molar-refractivity contribution in [3.05, 3.63) is 46.5 Å². The van der Waals surface area contributed by atoms with Crippen molar-refractivity contribution in [2.24, 2.45) is 5.73 Å². The Hall–Kier alpha value is -2.14. The quantitative estimate of drug-likeness (QED) is 0.723. The van der Waals surface area contributed by atoms with Crippen molar-refractivity contribution in [2.75, 3.05) is 6.54 Å². The Labute approximate surface area is 98.0 Å². The smallest absolute Gasteiger partial charge is 0.251 e. The molecular weight excluding hydrogens is 218 g/mol. The minimum absolute atomic E-state index is 0.143. The fourth-order valence-corrected chi connectivity index (χ4v) is 1.58. The van der Waals surface area contributed by atoms with E-state index in [0.717, 1.165) is 0 Å². The maximum atomic E-state index is 11.4. The summed E-state index contributed by atoms with van der Waals surface area (Å²) in [4.78, 5) is 18.4. The number of aromatic amines is 1. The molecule has 0 aliphatic carbocycles. The Kier molecular flexibility index (Phi) is 3.20. The van der Waals surface area contributed by atoms with E-state index >= 15 is 0 Å². The Morgan fingerprint density at radius 1 is 1.35 bits per heavy atom. The largest absolute Gasteiger partial charge is 0.508 e. The number of nitrogens with one attached hydrogen (secondary N) is 1. The van der Waals surface area contributed by atoms with E-state index in [2.05, 4.69) is 9.97 Å². The second-order valence-corrected chi connectivity index (χ2v) is 3.67. The molecule has 88 valence electrons. The molecule has 1 aromatic carbocycles. The summed E-state index contributed by atoms with van der Waals surface area (Å²) in [5, 5.41) is 9.38. The molecule has 0 saturated heterocycles. The average Bonchev–Trinajstić information content (AvgIpc) is 2.28. The van der Waals surface area contributed by atoms with Crippen molar-refractivity contribution in [3.8, 4) is 17.0 Å². The van der Waals surface area contributed by atoms with Gasteiger partial charge in [0.25, 0.3) is 5.56 Å². The third-order valence-corrected chi connectivity index (χ3v) is 2.31. The Bertz CT molecular complexity index is 578. The number of phenolic OH excluding ortho intramolecular Hbond substituents is 1. The van der Waals surface area contributed by atoms with Crippen molar-refractivity contribution < 1.29 is 5.11 Å². The summed E-state index contributed by atoms with van der Waals surface area (Å²) in [7, 11) is 0. The summed E-state index contributed by atoms with van der Waals surface area (Å²) in [5.74, 6) is 0.697. The van der Waals surface area contributed by atoms with Crippen LogP contribution in [0.25, 0.3) is 11.3 Å². The Morgan fingerprint density at radius 3 is 2.88 bits per heavy atom. The topological polar surface area (TPSA) is 92.0 Å². The molecule has 1 heterocycles. The zero-order valence-electron chi connectivity index (χ0n) is 9.18. The molecule has 0 aliphatic heterocycles. The van der Waals surface area contributed by atoms with Crippen molar-refractivity contribution >= 4 is 0 Å². The first-order chi connectivity index (χ1) is 8.19. The lowest BCUT2D eigenvalue weighted by Gasteiger charge is -2.04. The summed E-state index contributed by atoms with van der Waals surface area (Å²) < 4.78 is 0. The number of hydrogen-bond donors (Lipinski definition) is 3. The fraction of sp³-hybridized carbons (Fsp3) is 0.167. The molecule has 17 heavy (non-hydrogen) atoms. The van der Waals surface area contributed by atoms with Crippen LogP contribution < -0.4 is 11.3 Å². The first kappa shape index (κ1) is 11.3. The molecule has 1 aromatic heterocycles. The molecule has 0 bridgehead atoms. The number of aromatic hydroxyl groups is 1. The summed E-state index contributed by atoms with van der Waals surface area (Å²) in [6.07, 6.45) is 0.516. The van der Waals surface area contributed by atoms with Crippen molar-refractivity contribution in [1.82, 2.24) is 9.97 Å². The Balaban J connectivity index is 2.48. The maximum absolute atomic E-state index is 11.4. The van der Waals surface area contributed by atoms with Crippen LogP contribution in [0.1, 0.15) is 5.82 Å². The van der Waals surface area contributed by atoms with Crippen LogP contribution in [-0.4, -0.2) is 21.6 Å². The van der Waals surface area contributed by atoms with Gasteiger partial charge >= 0.3 is 0 Å². The van der Waals surface area contributed by atoms with Crippen molar-refractivity contribution in [3.63, 3.8) is 0 Å². The molecule has 0 aliphatic rings. The van der Waals surface area contributed by atoms with Crippen LogP contribution >= 0.6 is 0 Å². The monoisotopic (exact) mass is 231 g/mol. The van der Waals surface area contributed by atoms with Gasteiger partial charge in [0, 0.05) is 18.1 Å². The highest BCUT2D eigenvalue weighted by Gasteiger charge is 2.04. The molecule has 2 aromatic rings. The number of nitrogens with zero attached hydrogens (tertiary/aromatic N) is 1. The van der Waals surface area contributed by atoms with E-state index in [1.54, 1.807) is 24.3 Å². The summed E-state index contributed by atoms with van der Waals surface area (Å²) >= 11 is 0. The lowest BCUT2D eigenvalue weighted by molar-refractivity contribution is 0.475. The molecule has 4 N–H and O–H groups in total. The molecule has 0 fully saturated rings. The van der Waals surface area contributed by atoms with Gasteiger partial charge in [0.1, 0.15) is 11.6 Å². The van der Waals surface area contributed by atoms with Crippen LogP contribution in [0.2, 0.25) is 0 Å². The van der Waals surface area contributed by atoms with E-state index in [4.69, 9.17) is 5.73 Å². The number of rotatable bonds is 3. The van der Waals surface area contributed by atoms with Crippen LogP contribution in [0.4, 0.5) is 0 Å². The van der Waals surface area contributed by atoms with Gasteiger partial charge in [-0.2, -0.15) is 0 Å². The maximum Gasteiger partial charge on any atom is 0.251 e. The molecule has 5 heteroatoms. The van der Waals surface area contributed by atoms with Gasteiger partial charge in [-0.05, 0) is 18.7 Å². The average molecular weight is 231 g/mol. The summed E-state index contributed by atoms with van der Waals surface area (Å²) in [5.41, 5.74) is 6.44. The van der Waals surface area contributed by atoms with E-state index < -0.39 is 0 Å². The highest BCUT2D eigenvalue weighted by molar-refractivity contribution is 5.60. The highest BCUT2D eigenvalue weighted by atomic mass is 16.3. The zero-order chi connectivity index (χ0) is 12.3. The number of benzene rings is 1. The van der Waals surface area contributed by atoms with E-state index in [-0.39, 0.29) is 11.3 Å². The SMILES string of the molecule is NCCc1nc(-c2cccc(O)c2)cc(=O)[nH]1. The van der Waals surface area contributed by atoms with E-state index in [1.807, 2.05) is 0 Å². The number of H-pyrrole nitrogens is 1.